The van der Waals surface area contributed by atoms with Crippen molar-refractivity contribution in [3.05, 3.63) is 68.7 Å². The van der Waals surface area contributed by atoms with Crippen molar-refractivity contribution in [3.8, 4) is 0 Å². The highest BCUT2D eigenvalue weighted by atomic mass is 35.5. The Labute approximate surface area is 158 Å². The summed E-state index contributed by atoms with van der Waals surface area (Å²) in [4.78, 5) is 42.6. The van der Waals surface area contributed by atoms with Gasteiger partial charge in [0.15, 0.2) is 0 Å². The van der Waals surface area contributed by atoms with Crippen molar-refractivity contribution < 1.29 is 19.3 Å². The summed E-state index contributed by atoms with van der Waals surface area (Å²) >= 11 is 6.19. The first-order chi connectivity index (χ1) is 12.9. The molecular weight excluding hydrogens is 374 g/mol. The molecule has 0 unspecified atom stereocenters. The van der Waals surface area contributed by atoms with Gasteiger partial charge in [0.1, 0.15) is 11.6 Å². The van der Waals surface area contributed by atoms with Gasteiger partial charge in [-0.15, -0.1) is 0 Å². The number of hydrogen-bond donors (Lipinski definition) is 0. The molecule has 0 aromatic heterocycles. The summed E-state index contributed by atoms with van der Waals surface area (Å²) in [5.41, 5.74) is 0.988. The van der Waals surface area contributed by atoms with Crippen molar-refractivity contribution in [2.45, 2.75) is 13.0 Å². The average molecular weight is 386 g/mol. The second-order valence-corrected chi connectivity index (χ2v) is 6.56. The van der Waals surface area contributed by atoms with E-state index < -0.39 is 28.8 Å². The summed E-state index contributed by atoms with van der Waals surface area (Å²) in [6.45, 7) is 1.49. The first-order valence-corrected chi connectivity index (χ1v) is 8.40. The summed E-state index contributed by atoms with van der Waals surface area (Å²) in [6.07, 6.45) is -1.11. The summed E-state index contributed by atoms with van der Waals surface area (Å²) in [7, 11) is 0. The van der Waals surface area contributed by atoms with E-state index in [9.17, 15) is 19.7 Å². The number of halogens is 1. The standard InChI is InChI=1S/C18H12ClN3O5/c1-9-12(7-4-8-13(9)22(25)26)21-17(23)14-15(20-27-16(14)18(21)24)10-5-2-3-6-11(10)19/h2-8,14,16H,1H3/t14-,16-/m0/s1. The van der Waals surface area contributed by atoms with E-state index >= 15 is 0 Å². The maximum Gasteiger partial charge on any atom is 0.278 e. The lowest BCUT2D eigenvalue weighted by molar-refractivity contribution is -0.385. The van der Waals surface area contributed by atoms with Crippen LogP contribution in [-0.2, 0) is 14.4 Å². The molecule has 136 valence electrons. The zero-order valence-electron chi connectivity index (χ0n) is 14.0. The van der Waals surface area contributed by atoms with Crippen LogP contribution in [0.1, 0.15) is 11.1 Å². The van der Waals surface area contributed by atoms with E-state index in [0.717, 1.165) is 4.90 Å². The molecule has 0 radical (unpaired) electrons. The van der Waals surface area contributed by atoms with E-state index in [-0.39, 0.29) is 22.6 Å². The molecule has 0 N–H and O–H groups in total. The molecule has 2 aliphatic rings. The Morgan fingerprint density at radius 1 is 1.15 bits per heavy atom. The topological polar surface area (TPSA) is 102 Å². The molecule has 1 fully saturated rings. The van der Waals surface area contributed by atoms with Crippen molar-refractivity contribution in [1.82, 2.24) is 0 Å². The molecule has 2 heterocycles. The summed E-state index contributed by atoms with van der Waals surface area (Å²) in [5, 5.41) is 15.5. The Kier molecular flexibility index (Phi) is 3.92. The molecule has 2 aromatic rings. The Balaban J connectivity index is 1.77. The number of rotatable bonds is 3. The predicted molar refractivity (Wildman–Crippen MR) is 96.7 cm³/mol. The number of nitro benzene ring substituents is 1. The fourth-order valence-corrected chi connectivity index (χ4v) is 3.59. The SMILES string of the molecule is Cc1c(N2C(=O)[C@H]3C(c4ccccc4Cl)=NO[C@@H]3C2=O)cccc1[N+](=O)[O-]. The molecule has 0 bridgehead atoms. The van der Waals surface area contributed by atoms with Gasteiger partial charge in [0, 0.05) is 16.7 Å². The van der Waals surface area contributed by atoms with Gasteiger partial charge in [-0.25, -0.2) is 4.90 Å². The van der Waals surface area contributed by atoms with Crippen molar-refractivity contribution in [3.63, 3.8) is 0 Å². The zero-order chi connectivity index (χ0) is 19.3. The van der Waals surface area contributed by atoms with E-state index in [0.29, 0.717) is 10.6 Å². The fourth-order valence-electron chi connectivity index (χ4n) is 3.36. The second kappa shape index (κ2) is 6.17. The first-order valence-electron chi connectivity index (χ1n) is 8.02. The molecule has 0 aliphatic carbocycles. The molecule has 4 rings (SSSR count). The van der Waals surface area contributed by atoms with Gasteiger partial charge in [0.05, 0.1) is 16.2 Å². The smallest absolute Gasteiger partial charge is 0.278 e. The monoisotopic (exact) mass is 385 g/mol. The molecule has 2 atom stereocenters. The van der Waals surface area contributed by atoms with Crippen LogP contribution in [0.2, 0.25) is 5.02 Å². The second-order valence-electron chi connectivity index (χ2n) is 6.15. The maximum atomic E-state index is 13.1. The molecule has 2 amide bonds. The van der Waals surface area contributed by atoms with E-state index in [1.54, 1.807) is 24.3 Å². The van der Waals surface area contributed by atoms with Gasteiger partial charge in [-0.1, -0.05) is 41.0 Å². The Bertz CT molecular complexity index is 1040. The van der Waals surface area contributed by atoms with Crippen LogP contribution >= 0.6 is 11.6 Å². The lowest BCUT2D eigenvalue weighted by Crippen LogP contribution is -2.33. The number of fused-ring (bicyclic) bond motifs is 1. The molecule has 9 heteroatoms. The van der Waals surface area contributed by atoms with Crippen molar-refractivity contribution >= 4 is 40.5 Å². The van der Waals surface area contributed by atoms with Crippen molar-refractivity contribution in [1.29, 1.82) is 0 Å². The van der Waals surface area contributed by atoms with E-state index in [1.807, 2.05) is 0 Å². The van der Waals surface area contributed by atoms with E-state index in [2.05, 4.69) is 5.16 Å². The van der Waals surface area contributed by atoms with Gasteiger partial charge in [-0.05, 0) is 19.1 Å². The third kappa shape index (κ3) is 2.48. The summed E-state index contributed by atoms with van der Waals surface area (Å²) in [5.74, 6) is -2.11. The first kappa shape index (κ1) is 17.2. The van der Waals surface area contributed by atoms with E-state index in [1.165, 1.54) is 25.1 Å². The molecule has 0 spiro atoms. The van der Waals surface area contributed by atoms with Gasteiger partial charge >= 0.3 is 0 Å². The van der Waals surface area contributed by atoms with Crippen LogP contribution in [0, 0.1) is 23.0 Å². The van der Waals surface area contributed by atoms with Crippen LogP contribution in [0.3, 0.4) is 0 Å². The van der Waals surface area contributed by atoms with Crippen LogP contribution in [0.25, 0.3) is 0 Å². The minimum Gasteiger partial charge on any atom is -0.381 e. The lowest BCUT2D eigenvalue weighted by Gasteiger charge is -2.17. The van der Waals surface area contributed by atoms with Crippen LogP contribution < -0.4 is 4.90 Å². The van der Waals surface area contributed by atoms with Crippen LogP contribution in [0.15, 0.2) is 47.6 Å². The lowest BCUT2D eigenvalue weighted by atomic mass is 9.94. The molecule has 2 aliphatic heterocycles. The van der Waals surface area contributed by atoms with Crippen LogP contribution in [-0.4, -0.2) is 28.6 Å². The third-order valence-electron chi connectivity index (χ3n) is 4.68. The molecule has 2 aromatic carbocycles. The number of oxime groups is 1. The average Bonchev–Trinajstić information content (AvgIpc) is 3.17. The molecule has 0 saturated carbocycles. The molecular formula is C18H12ClN3O5. The maximum absolute atomic E-state index is 13.1. The quantitative estimate of drug-likeness (QED) is 0.459. The number of nitro groups is 1. The third-order valence-corrected chi connectivity index (χ3v) is 5.01. The van der Waals surface area contributed by atoms with Gasteiger partial charge in [0.2, 0.25) is 12.0 Å². The highest BCUT2D eigenvalue weighted by molar-refractivity contribution is 6.38. The normalized spacial score (nSPS) is 21.1. The van der Waals surface area contributed by atoms with Crippen LogP contribution in [0.5, 0.6) is 0 Å². The number of nitrogens with zero attached hydrogens (tertiary/aromatic N) is 3. The number of carbonyl (C=O) groups excluding carboxylic acids is 2. The molecule has 8 nitrogen and oxygen atoms in total. The number of benzene rings is 2. The van der Waals surface area contributed by atoms with Gasteiger partial charge in [-0.3, -0.25) is 19.7 Å². The summed E-state index contributed by atoms with van der Waals surface area (Å²) in [6, 6.07) is 11.0. The number of anilines is 1. The number of amides is 2. The number of imide groups is 1. The minimum atomic E-state index is -1.11. The van der Waals surface area contributed by atoms with Crippen LogP contribution in [0.4, 0.5) is 11.4 Å². The molecule has 1 saturated heterocycles. The Morgan fingerprint density at radius 2 is 1.89 bits per heavy atom. The van der Waals surface area contributed by atoms with Crippen molar-refractivity contribution in [2.75, 3.05) is 4.90 Å². The fraction of sp³-hybridized carbons (Fsp3) is 0.167. The highest BCUT2D eigenvalue weighted by Crippen LogP contribution is 2.38. The van der Waals surface area contributed by atoms with E-state index in [4.69, 9.17) is 16.4 Å². The van der Waals surface area contributed by atoms with Crippen molar-refractivity contribution in [2.24, 2.45) is 11.1 Å². The minimum absolute atomic E-state index is 0.163. The molecule has 27 heavy (non-hydrogen) atoms. The number of carbonyl (C=O) groups is 2. The van der Waals surface area contributed by atoms with Gasteiger partial charge in [0.25, 0.3) is 11.6 Å². The zero-order valence-corrected chi connectivity index (χ0v) is 14.7. The van der Waals surface area contributed by atoms with Gasteiger partial charge < -0.3 is 4.84 Å². The largest absolute Gasteiger partial charge is 0.381 e. The Hall–Kier alpha value is -3.26. The Morgan fingerprint density at radius 3 is 2.59 bits per heavy atom. The van der Waals surface area contributed by atoms with Gasteiger partial charge in [-0.2, -0.15) is 0 Å². The number of hydrogen-bond acceptors (Lipinski definition) is 6. The predicted octanol–water partition coefficient (Wildman–Crippen LogP) is 2.85. The highest BCUT2D eigenvalue weighted by Gasteiger charge is 2.56. The summed E-state index contributed by atoms with van der Waals surface area (Å²) < 4.78 is 0.